The third-order valence-electron chi connectivity index (χ3n) is 2.63. The number of fused-ring (bicyclic) bond motifs is 1. The monoisotopic (exact) mass is 216 g/mol. The number of hydrogen-bond acceptors (Lipinski definition) is 4. The second kappa shape index (κ2) is 4.90. The van der Waals surface area contributed by atoms with Gasteiger partial charge in [0.2, 0.25) is 0 Å². The topological polar surface area (TPSA) is 63.8 Å². The number of nitrogens with one attached hydrogen (secondary N) is 1. The summed E-state index contributed by atoms with van der Waals surface area (Å²) >= 11 is 0. The number of benzene rings is 1. The third-order valence-corrected chi connectivity index (χ3v) is 2.63. The van der Waals surface area contributed by atoms with Crippen LogP contribution in [0, 0.1) is 0 Å². The first-order valence-electron chi connectivity index (χ1n) is 5.51. The van der Waals surface area contributed by atoms with Crippen molar-refractivity contribution < 1.29 is 0 Å². The maximum Gasteiger partial charge on any atom is 0.156 e. The van der Waals surface area contributed by atoms with E-state index in [-0.39, 0.29) is 6.04 Å². The van der Waals surface area contributed by atoms with E-state index in [9.17, 15) is 0 Å². The molecule has 0 saturated carbocycles. The SMILES string of the molecule is CCC(N)CNc1nncc2ccccc12. The molecular weight excluding hydrogens is 200 g/mol. The van der Waals surface area contributed by atoms with Crippen LogP contribution in [0.25, 0.3) is 10.8 Å². The number of nitrogens with two attached hydrogens (primary N) is 1. The summed E-state index contributed by atoms with van der Waals surface area (Å²) in [7, 11) is 0. The molecule has 2 rings (SSSR count). The van der Waals surface area contributed by atoms with Gasteiger partial charge in [-0.25, -0.2) is 0 Å². The van der Waals surface area contributed by atoms with E-state index in [0.717, 1.165) is 29.6 Å². The van der Waals surface area contributed by atoms with Gasteiger partial charge in [-0.2, -0.15) is 5.10 Å². The van der Waals surface area contributed by atoms with Crippen molar-refractivity contribution in [3.63, 3.8) is 0 Å². The number of aromatic nitrogens is 2. The van der Waals surface area contributed by atoms with Crippen LogP contribution < -0.4 is 11.1 Å². The number of nitrogens with zero attached hydrogens (tertiary/aromatic N) is 2. The lowest BCUT2D eigenvalue weighted by atomic mass is 10.2. The average Bonchev–Trinajstić information content (AvgIpc) is 2.35. The van der Waals surface area contributed by atoms with Crippen molar-refractivity contribution in [1.82, 2.24) is 10.2 Å². The van der Waals surface area contributed by atoms with Gasteiger partial charge in [0, 0.05) is 23.4 Å². The summed E-state index contributed by atoms with van der Waals surface area (Å²) in [4.78, 5) is 0. The zero-order chi connectivity index (χ0) is 11.4. The molecule has 4 heteroatoms. The van der Waals surface area contributed by atoms with Gasteiger partial charge >= 0.3 is 0 Å². The number of anilines is 1. The Kier molecular flexibility index (Phi) is 3.31. The zero-order valence-electron chi connectivity index (χ0n) is 9.35. The molecule has 0 saturated heterocycles. The van der Waals surface area contributed by atoms with Crippen molar-refractivity contribution >= 4 is 16.6 Å². The van der Waals surface area contributed by atoms with Crippen LogP contribution in [0.5, 0.6) is 0 Å². The van der Waals surface area contributed by atoms with Crippen molar-refractivity contribution in [1.29, 1.82) is 0 Å². The molecule has 0 aliphatic heterocycles. The molecule has 0 fully saturated rings. The Bertz CT molecular complexity index is 464. The van der Waals surface area contributed by atoms with Crippen LogP contribution >= 0.6 is 0 Å². The minimum absolute atomic E-state index is 0.153. The summed E-state index contributed by atoms with van der Waals surface area (Å²) in [6.45, 7) is 2.79. The Labute approximate surface area is 94.9 Å². The molecule has 4 nitrogen and oxygen atoms in total. The lowest BCUT2D eigenvalue weighted by Crippen LogP contribution is -2.28. The summed E-state index contributed by atoms with van der Waals surface area (Å²) in [6.07, 6.45) is 2.71. The molecule has 0 aliphatic carbocycles. The molecule has 1 atom stereocenters. The average molecular weight is 216 g/mol. The molecule has 3 N–H and O–H groups in total. The van der Waals surface area contributed by atoms with Gasteiger partial charge in [-0.05, 0) is 6.42 Å². The summed E-state index contributed by atoms with van der Waals surface area (Å²) in [5.41, 5.74) is 5.85. The highest BCUT2D eigenvalue weighted by Gasteiger charge is 2.04. The number of hydrogen-bond donors (Lipinski definition) is 2. The maximum atomic E-state index is 5.85. The molecule has 1 aromatic heterocycles. The van der Waals surface area contributed by atoms with Crippen molar-refractivity contribution in [2.75, 3.05) is 11.9 Å². The van der Waals surface area contributed by atoms with Gasteiger partial charge in [0.15, 0.2) is 5.82 Å². The Morgan fingerprint density at radius 1 is 1.38 bits per heavy atom. The Morgan fingerprint density at radius 2 is 2.19 bits per heavy atom. The molecule has 0 spiro atoms. The summed E-state index contributed by atoms with van der Waals surface area (Å²) in [6, 6.07) is 8.19. The van der Waals surface area contributed by atoms with Gasteiger partial charge in [-0.3, -0.25) is 0 Å². The predicted molar refractivity (Wildman–Crippen MR) is 66.3 cm³/mol. The molecule has 0 aliphatic rings. The second-order valence-electron chi connectivity index (χ2n) is 3.83. The highest BCUT2D eigenvalue weighted by molar-refractivity contribution is 5.90. The molecule has 0 bridgehead atoms. The summed E-state index contributed by atoms with van der Waals surface area (Å²) < 4.78 is 0. The van der Waals surface area contributed by atoms with Crippen LogP contribution in [0.1, 0.15) is 13.3 Å². The largest absolute Gasteiger partial charge is 0.367 e. The summed E-state index contributed by atoms with van der Waals surface area (Å²) in [5, 5.41) is 13.5. The maximum absolute atomic E-state index is 5.85. The van der Waals surface area contributed by atoms with Crippen LogP contribution in [0.4, 0.5) is 5.82 Å². The number of rotatable bonds is 4. The fourth-order valence-corrected chi connectivity index (χ4v) is 1.53. The first kappa shape index (κ1) is 10.8. The Hall–Kier alpha value is -1.68. The van der Waals surface area contributed by atoms with E-state index in [0.29, 0.717) is 0 Å². The zero-order valence-corrected chi connectivity index (χ0v) is 9.35. The van der Waals surface area contributed by atoms with Crippen LogP contribution in [0.15, 0.2) is 30.5 Å². The third kappa shape index (κ3) is 2.28. The van der Waals surface area contributed by atoms with Gasteiger partial charge in [0.1, 0.15) is 0 Å². The molecule has 1 unspecified atom stereocenters. The van der Waals surface area contributed by atoms with Crippen LogP contribution in [-0.2, 0) is 0 Å². The van der Waals surface area contributed by atoms with Crippen molar-refractivity contribution in [2.45, 2.75) is 19.4 Å². The smallest absolute Gasteiger partial charge is 0.156 e. The van der Waals surface area contributed by atoms with Crippen LogP contribution in [-0.4, -0.2) is 22.8 Å². The summed E-state index contributed by atoms with van der Waals surface area (Å²) in [5.74, 6) is 0.807. The highest BCUT2D eigenvalue weighted by Crippen LogP contribution is 2.18. The molecule has 84 valence electrons. The van der Waals surface area contributed by atoms with Gasteiger partial charge in [-0.15, -0.1) is 5.10 Å². The van der Waals surface area contributed by atoms with E-state index < -0.39 is 0 Å². The van der Waals surface area contributed by atoms with E-state index in [1.807, 2.05) is 24.3 Å². The molecule has 2 aromatic rings. The molecule has 1 aromatic carbocycles. The van der Waals surface area contributed by atoms with E-state index in [2.05, 4.69) is 22.4 Å². The fourth-order valence-electron chi connectivity index (χ4n) is 1.53. The first-order valence-corrected chi connectivity index (χ1v) is 5.51. The molecule has 1 heterocycles. The van der Waals surface area contributed by atoms with Crippen LogP contribution in [0.3, 0.4) is 0 Å². The van der Waals surface area contributed by atoms with Crippen molar-refractivity contribution in [3.8, 4) is 0 Å². The van der Waals surface area contributed by atoms with Gasteiger partial charge in [0.05, 0.1) is 6.20 Å². The fraction of sp³-hybridized carbons (Fsp3) is 0.333. The van der Waals surface area contributed by atoms with Crippen molar-refractivity contribution in [2.24, 2.45) is 5.73 Å². The molecule has 0 amide bonds. The molecule has 16 heavy (non-hydrogen) atoms. The van der Waals surface area contributed by atoms with Gasteiger partial charge < -0.3 is 11.1 Å². The Morgan fingerprint density at radius 3 is 3.00 bits per heavy atom. The lowest BCUT2D eigenvalue weighted by molar-refractivity contribution is 0.677. The van der Waals surface area contributed by atoms with E-state index in [1.54, 1.807) is 6.20 Å². The minimum Gasteiger partial charge on any atom is -0.367 e. The van der Waals surface area contributed by atoms with Gasteiger partial charge in [0.25, 0.3) is 0 Å². The standard InChI is InChI=1S/C12H16N4/c1-2-10(13)8-14-12-11-6-4-3-5-9(11)7-15-16-12/h3-7,10H,2,8,13H2,1H3,(H,14,16). The van der Waals surface area contributed by atoms with E-state index in [1.165, 1.54) is 0 Å². The molecule has 0 radical (unpaired) electrons. The van der Waals surface area contributed by atoms with E-state index >= 15 is 0 Å². The predicted octanol–water partition coefficient (Wildman–Crippen LogP) is 1.78. The normalized spacial score (nSPS) is 12.6. The van der Waals surface area contributed by atoms with Gasteiger partial charge in [-0.1, -0.05) is 31.2 Å². The lowest BCUT2D eigenvalue weighted by Gasteiger charge is -2.11. The van der Waals surface area contributed by atoms with Crippen molar-refractivity contribution in [3.05, 3.63) is 30.5 Å². The quantitative estimate of drug-likeness (QED) is 0.817. The van der Waals surface area contributed by atoms with E-state index in [4.69, 9.17) is 5.73 Å². The molecular formula is C12H16N4. The first-order chi connectivity index (χ1) is 7.81. The highest BCUT2D eigenvalue weighted by atomic mass is 15.2. The van der Waals surface area contributed by atoms with Crippen LogP contribution in [0.2, 0.25) is 0 Å². The Balaban J connectivity index is 2.23. The minimum atomic E-state index is 0.153. The second-order valence-corrected chi connectivity index (χ2v) is 3.83.